The number of phenolic OH excluding ortho intramolecular Hbond substituents is 1. The third kappa shape index (κ3) is 10.8. The Morgan fingerprint density at radius 3 is 1.74 bits per heavy atom. The molecule has 0 saturated carbocycles. The van der Waals surface area contributed by atoms with Gasteiger partial charge in [0.15, 0.2) is 17.1 Å². The highest BCUT2D eigenvalue weighted by atomic mass is 32.2. The third-order valence-electron chi connectivity index (χ3n) is 9.29. The van der Waals surface area contributed by atoms with Crippen LogP contribution in [0, 0.1) is 13.8 Å². The van der Waals surface area contributed by atoms with Gasteiger partial charge in [0, 0.05) is 23.6 Å². The van der Waals surface area contributed by atoms with Gasteiger partial charge in [0.1, 0.15) is 73.6 Å². The number of carbonyl (C=O) groups is 1. The fourth-order valence-electron chi connectivity index (χ4n) is 6.24. The van der Waals surface area contributed by atoms with Gasteiger partial charge in [-0.1, -0.05) is 6.07 Å². The number of nitrogens with two attached hydrogens (primary N) is 1. The van der Waals surface area contributed by atoms with Crippen LogP contribution < -0.4 is 19.9 Å². The molecule has 6 aromatic rings. The number of nitrogens with zero attached hydrogens (tertiary/aromatic N) is 8. The summed E-state index contributed by atoms with van der Waals surface area (Å²) in [5.74, 6) is -3.42. The molecular formula is C39H37N9O17S3. The number of carbonyl (C=O) groups excluding carboxylic acids is 1. The van der Waals surface area contributed by atoms with Crippen LogP contribution in [0.25, 0.3) is 16.5 Å². The number of hydrogen-bond donors (Lipinski definition) is 8. The SMILES string of the molecule is COc1cc(S(=O)(=O)O)c(C)cc1N=Nc1c(C(N)=O)nn(-c2ccc3c(O)c(N=Nc4cc(OCCO)c(N=Nc5ccc(C)cc5S(=O)(=O)O)cc4OCCO)c(S(=O)(=O)O)cc3c2)c1O. The predicted octanol–water partition coefficient (Wildman–Crippen LogP) is 5.89. The number of benzene rings is 5. The van der Waals surface area contributed by atoms with E-state index in [2.05, 4.69) is 35.8 Å². The van der Waals surface area contributed by atoms with Crippen molar-refractivity contribution in [2.24, 2.45) is 36.4 Å². The van der Waals surface area contributed by atoms with Crippen molar-refractivity contribution in [3.05, 3.63) is 83.6 Å². The highest BCUT2D eigenvalue weighted by Gasteiger charge is 2.27. The van der Waals surface area contributed by atoms with Gasteiger partial charge in [-0.15, -0.1) is 30.7 Å². The maximum Gasteiger partial charge on any atom is 0.296 e. The van der Waals surface area contributed by atoms with E-state index in [9.17, 15) is 64.1 Å². The number of amides is 1. The van der Waals surface area contributed by atoms with Crippen LogP contribution in [0.1, 0.15) is 21.6 Å². The Bertz CT molecular complexity index is 3430. The van der Waals surface area contributed by atoms with Crippen molar-refractivity contribution in [2.45, 2.75) is 28.5 Å². The van der Waals surface area contributed by atoms with Gasteiger partial charge < -0.3 is 40.4 Å². The number of primary amides is 1. The summed E-state index contributed by atoms with van der Waals surface area (Å²) in [6, 6.07) is 12.9. The van der Waals surface area contributed by atoms with Crippen LogP contribution in [-0.2, 0) is 30.4 Å². The Labute approximate surface area is 384 Å². The molecule has 0 aliphatic carbocycles. The standard InChI is InChI=1S/C39H37N9O17S3/c1-19-4-7-24(32(12-19)67(57,58)59)41-42-26-16-30(65-11-9-50)27(17-29(26)64-10-8-49)44-45-34-33(68(60,61)62)15-21-14-22(5-6-23(21)37(34)51)48-39(53)36(35(47-48)38(40)52)46-43-25-13-20(2)31(66(54,55)56)18-28(25)63-3/h4-7,12-18,49-51,53H,8-11H2,1-3H3,(H2,40,52)(H,54,55,56)(H,57,58,59)(H,60,61,62). The van der Waals surface area contributed by atoms with Crippen molar-refractivity contribution in [1.29, 1.82) is 0 Å². The van der Waals surface area contributed by atoms with Crippen molar-refractivity contribution in [3.63, 3.8) is 0 Å². The lowest BCUT2D eigenvalue weighted by atomic mass is 10.1. The molecule has 358 valence electrons. The first-order valence-electron chi connectivity index (χ1n) is 19.0. The van der Waals surface area contributed by atoms with Gasteiger partial charge in [0.25, 0.3) is 36.3 Å². The number of azo groups is 3. The average molecular weight is 1000 g/mol. The van der Waals surface area contributed by atoms with Crippen molar-refractivity contribution in [3.8, 4) is 34.6 Å². The maximum absolute atomic E-state index is 12.8. The number of aromatic hydroxyl groups is 2. The summed E-state index contributed by atoms with van der Waals surface area (Å²) in [6.07, 6.45) is 0. The number of methoxy groups -OCH3 is 1. The topological polar surface area (TPSA) is 407 Å². The Balaban J connectivity index is 1.44. The smallest absolute Gasteiger partial charge is 0.296 e. The number of aliphatic hydroxyl groups is 2. The Kier molecular flexibility index (Phi) is 14.5. The highest BCUT2D eigenvalue weighted by molar-refractivity contribution is 7.86. The molecule has 5 aromatic carbocycles. The lowest BCUT2D eigenvalue weighted by Gasteiger charge is -2.13. The molecule has 9 N–H and O–H groups in total. The monoisotopic (exact) mass is 999 g/mol. The van der Waals surface area contributed by atoms with Crippen molar-refractivity contribution < 1.29 is 78.3 Å². The van der Waals surface area contributed by atoms with Gasteiger partial charge in [-0.3, -0.25) is 18.5 Å². The molecular weight excluding hydrogens is 963 g/mol. The largest absolute Gasteiger partial charge is 0.505 e. The lowest BCUT2D eigenvalue weighted by Crippen LogP contribution is -2.12. The second kappa shape index (κ2) is 19.8. The summed E-state index contributed by atoms with van der Waals surface area (Å²) in [4.78, 5) is 10.4. The molecule has 0 radical (unpaired) electrons. The van der Waals surface area contributed by atoms with Crippen LogP contribution in [0.4, 0.5) is 34.1 Å². The first-order valence-corrected chi connectivity index (χ1v) is 23.3. The zero-order valence-electron chi connectivity index (χ0n) is 35.3. The maximum atomic E-state index is 12.8. The van der Waals surface area contributed by atoms with Crippen molar-refractivity contribution >= 4 is 81.2 Å². The average Bonchev–Trinajstić information content (AvgIpc) is 3.60. The van der Waals surface area contributed by atoms with Crippen molar-refractivity contribution in [1.82, 2.24) is 9.78 Å². The van der Waals surface area contributed by atoms with Crippen LogP contribution in [0.5, 0.6) is 28.9 Å². The summed E-state index contributed by atoms with van der Waals surface area (Å²) < 4.78 is 120. The molecule has 0 aliphatic heterocycles. The summed E-state index contributed by atoms with van der Waals surface area (Å²) in [5, 5.41) is 69.3. The summed E-state index contributed by atoms with van der Waals surface area (Å²) >= 11 is 0. The number of hydrogen-bond acceptors (Lipinski definition) is 21. The van der Waals surface area contributed by atoms with E-state index in [0.29, 0.717) is 5.56 Å². The Morgan fingerprint density at radius 2 is 1.19 bits per heavy atom. The molecule has 6 rings (SSSR count). The number of rotatable bonds is 18. The molecule has 29 heteroatoms. The van der Waals surface area contributed by atoms with Crippen LogP contribution in [-0.4, -0.2) is 109 Å². The number of ether oxygens (including phenoxy) is 3. The van der Waals surface area contributed by atoms with Crippen LogP contribution >= 0.6 is 0 Å². The predicted molar refractivity (Wildman–Crippen MR) is 235 cm³/mol. The van der Waals surface area contributed by atoms with Crippen LogP contribution in [0.2, 0.25) is 0 Å². The van der Waals surface area contributed by atoms with E-state index >= 15 is 0 Å². The molecule has 0 bridgehead atoms. The second-order valence-electron chi connectivity index (χ2n) is 14.0. The number of aliphatic hydroxyl groups excluding tert-OH is 2. The minimum atomic E-state index is -5.24. The van der Waals surface area contributed by atoms with Gasteiger partial charge in [0.2, 0.25) is 5.88 Å². The van der Waals surface area contributed by atoms with Gasteiger partial charge >= 0.3 is 0 Å². The number of fused-ring (bicyclic) bond motifs is 1. The zero-order chi connectivity index (χ0) is 49.9. The molecule has 26 nitrogen and oxygen atoms in total. The number of aryl methyl sites for hydroxylation is 2. The molecule has 68 heavy (non-hydrogen) atoms. The number of phenols is 1. The highest BCUT2D eigenvalue weighted by Crippen LogP contribution is 2.46. The molecule has 1 amide bonds. The third-order valence-corrected chi connectivity index (χ3v) is 12.0. The summed E-state index contributed by atoms with van der Waals surface area (Å²) in [7, 11) is -13.5. The number of aromatic nitrogens is 2. The fraction of sp³-hybridized carbons (Fsp3) is 0.179. The molecule has 0 saturated heterocycles. The normalized spacial score (nSPS) is 12.5. The molecule has 0 fully saturated rings. The molecule has 0 aliphatic rings. The zero-order valence-corrected chi connectivity index (χ0v) is 37.7. The summed E-state index contributed by atoms with van der Waals surface area (Å²) in [6.45, 7) is 1.23. The van der Waals surface area contributed by atoms with Crippen molar-refractivity contribution in [2.75, 3.05) is 33.5 Å². The Hall–Kier alpha value is -7.51. The van der Waals surface area contributed by atoms with E-state index in [4.69, 9.17) is 19.9 Å². The van der Waals surface area contributed by atoms with Crippen LogP contribution in [0.3, 0.4) is 0 Å². The minimum absolute atomic E-state index is 0.0372. The van der Waals surface area contributed by atoms with E-state index < -0.39 is 92.9 Å². The first kappa shape index (κ1) is 49.9. The first-order chi connectivity index (χ1) is 32.0. The minimum Gasteiger partial charge on any atom is -0.505 e. The molecule has 0 atom stereocenters. The second-order valence-corrected chi connectivity index (χ2v) is 18.2. The van der Waals surface area contributed by atoms with Gasteiger partial charge in [-0.2, -0.15) is 35.0 Å². The van der Waals surface area contributed by atoms with E-state index in [0.717, 1.165) is 35.0 Å². The summed E-state index contributed by atoms with van der Waals surface area (Å²) in [5.41, 5.74) is 3.18. The van der Waals surface area contributed by atoms with Gasteiger partial charge in [-0.05, 0) is 72.8 Å². The van der Waals surface area contributed by atoms with Crippen LogP contribution in [0.15, 0.2) is 112 Å². The Morgan fingerprint density at radius 1 is 0.647 bits per heavy atom. The van der Waals surface area contributed by atoms with E-state index in [1.807, 2.05) is 0 Å². The van der Waals surface area contributed by atoms with E-state index in [1.165, 1.54) is 50.4 Å². The van der Waals surface area contributed by atoms with Gasteiger partial charge in [0.05, 0.1) is 26.0 Å². The van der Waals surface area contributed by atoms with E-state index in [1.54, 1.807) is 6.92 Å². The fourth-order valence-corrected chi connectivity index (χ4v) is 8.33. The van der Waals surface area contributed by atoms with Gasteiger partial charge in [-0.25, -0.2) is 0 Å². The molecule has 0 spiro atoms. The molecule has 1 aromatic heterocycles. The quantitative estimate of drug-likeness (QED) is 0.0367. The molecule has 0 unspecified atom stereocenters. The lowest BCUT2D eigenvalue weighted by molar-refractivity contribution is 0.0995. The molecule has 1 heterocycles. The van der Waals surface area contributed by atoms with E-state index in [-0.39, 0.29) is 75.2 Å².